The van der Waals surface area contributed by atoms with E-state index < -0.39 is 0 Å². The summed E-state index contributed by atoms with van der Waals surface area (Å²) in [5.74, 6) is -0.0547. The number of ketones is 1. The monoisotopic (exact) mass is 310 g/mol. The van der Waals surface area contributed by atoms with E-state index in [2.05, 4.69) is 0 Å². The van der Waals surface area contributed by atoms with Crippen molar-refractivity contribution in [2.45, 2.75) is 6.92 Å². The van der Waals surface area contributed by atoms with Gasteiger partial charge in [-0.15, -0.1) is 0 Å². The van der Waals surface area contributed by atoms with Gasteiger partial charge in [-0.3, -0.25) is 14.9 Å². The van der Waals surface area contributed by atoms with Gasteiger partial charge in [0.15, 0.2) is 5.78 Å². The number of hydrogen-bond donors (Lipinski definition) is 0. The molecule has 0 saturated heterocycles. The first kappa shape index (κ1) is 16.4. The molecule has 2 rings (SSSR count). The van der Waals surface area contributed by atoms with E-state index in [0.717, 1.165) is 16.5 Å². The van der Waals surface area contributed by atoms with Crippen molar-refractivity contribution in [2.24, 2.45) is 0 Å². The minimum absolute atomic E-state index is 0.0547. The van der Waals surface area contributed by atoms with Crippen molar-refractivity contribution >= 4 is 27.8 Å². The van der Waals surface area contributed by atoms with Gasteiger partial charge in [0.05, 0.1) is 10.3 Å². The molecule has 0 amide bonds. The smallest absolute Gasteiger partial charge is 0.277 e. The van der Waals surface area contributed by atoms with Crippen LogP contribution in [0.15, 0.2) is 54.8 Å². The van der Waals surface area contributed by atoms with E-state index in [1.807, 2.05) is 37.3 Å². The number of nitro groups is 1. The van der Waals surface area contributed by atoms with Crippen LogP contribution in [0.3, 0.4) is 0 Å². The summed E-state index contributed by atoms with van der Waals surface area (Å²) in [6.45, 7) is 1.48. The van der Waals surface area contributed by atoms with Crippen LogP contribution in [0.25, 0.3) is 16.3 Å². The molecule has 0 heterocycles. The molecule has 0 unspecified atom stereocenters. The third kappa shape index (κ3) is 3.83. The summed E-state index contributed by atoms with van der Waals surface area (Å²) in [4.78, 5) is 24.0. The summed E-state index contributed by atoms with van der Waals surface area (Å²) in [5.41, 5.74) is 1.73. The Kier molecular flexibility index (Phi) is 4.91. The second-order valence-corrected chi connectivity index (χ2v) is 5.43. The lowest BCUT2D eigenvalue weighted by Gasteiger charge is -2.12. The number of allylic oxidation sites excluding steroid dienone is 3. The summed E-state index contributed by atoms with van der Waals surface area (Å²) >= 11 is 0. The van der Waals surface area contributed by atoms with Gasteiger partial charge in [-0.1, -0.05) is 18.2 Å². The number of rotatable bonds is 5. The zero-order chi connectivity index (χ0) is 17.0. The van der Waals surface area contributed by atoms with E-state index in [1.165, 1.54) is 19.1 Å². The first-order valence-electron chi connectivity index (χ1n) is 7.13. The van der Waals surface area contributed by atoms with Crippen LogP contribution in [0, 0.1) is 10.1 Å². The number of nitro benzene ring substituents is 1. The molecule has 23 heavy (non-hydrogen) atoms. The van der Waals surface area contributed by atoms with E-state index >= 15 is 0 Å². The lowest BCUT2D eigenvalue weighted by molar-refractivity contribution is -0.383. The third-order valence-corrected chi connectivity index (χ3v) is 3.30. The predicted octanol–water partition coefficient (Wildman–Crippen LogP) is 3.80. The van der Waals surface area contributed by atoms with Crippen molar-refractivity contribution in [1.29, 1.82) is 0 Å². The number of hydrogen-bond acceptors (Lipinski definition) is 4. The van der Waals surface area contributed by atoms with E-state index in [0.29, 0.717) is 5.39 Å². The average Bonchev–Trinajstić information content (AvgIpc) is 2.49. The SMILES string of the molecule is CC(=O)/C=C\C(=C\N(C)C)c1ccc([N+](=O)[O-])c2ccccc12. The summed E-state index contributed by atoms with van der Waals surface area (Å²) in [6, 6.07) is 10.4. The van der Waals surface area contributed by atoms with Gasteiger partial charge < -0.3 is 4.90 Å². The quantitative estimate of drug-likeness (QED) is 0.365. The summed E-state index contributed by atoms with van der Waals surface area (Å²) in [6.07, 6.45) is 5.11. The maximum atomic E-state index is 11.3. The third-order valence-electron chi connectivity index (χ3n) is 3.30. The Morgan fingerprint density at radius 3 is 2.30 bits per heavy atom. The molecule has 0 atom stereocenters. The molecule has 0 aliphatic rings. The number of nitrogens with zero attached hydrogens (tertiary/aromatic N) is 2. The zero-order valence-electron chi connectivity index (χ0n) is 13.3. The maximum Gasteiger partial charge on any atom is 0.277 e. The molecule has 0 aliphatic carbocycles. The predicted molar refractivity (Wildman–Crippen MR) is 92.1 cm³/mol. The molecule has 0 radical (unpaired) electrons. The normalized spacial score (nSPS) is 11.9. The van der Waals surface area contributed by atoms with Crippen molar-refractivity contribution < 1.29 is 9.72 Å². The fourth-order valence-corrected chi connectivity index (χ4v) is 2.38. The minimum atomic E-state index is -0.382. The van der Waals surface area contributed by atoms with Gasteiger partial charge in [0.1, 0.15) is 0 Å². The molecule has 0 bridgehead atoms. The molecule has 0 aromatic heterocycles. The molecule has 2 aromatic carbocycles. The Morgan fingerprint density at radius 2 is 1.74 bits per heavy atom. The van der Waals surface area contributed by atoms with E-state index in [4.69, 9.17) is 0 Å². The van der Waals surface area contributed by atoms with Gasteiger partial charge in [0, 0.05) is 26.4 Å². The van der Waals surface area contributed by atoms with Crippen molar-refractivity contribution in [3.8, 4) is 0 Å². The van der Waals surface area contributed by atoms with Gasteiger partial charge in [-0.2, -0.15) is 0 Å². The summed E-state index contributed by atoms with van der Waals surface area (Å²) in [5, 5.41) is 12.6. The van der Waals surface area contributed by atoms with Crippen molar-refractivity contribution in [1.82, 2.24) is 4.90 Å². The Labute approximate surface area is 134 Å². The molecular weight excluding hydrogens is 292 g/mol. The van der Waals surface area contributed by atoms with Crippen LogP contribution in [0.1, 0.15) is 12.5 Å². The average molecular weight is 310 g/mol. The number of carbonyl (C=O) groups is 1. The molecule has 0 saturated carbocycles. The molecule has 0 N–H and O–H groups in total. The van der Waals surface area contributed by atoms with Crippen LogP contribution in [-0.2, 0) is 4.79 Å². The molecule has 2 aromatic rings. The molecule has 5 heteroatoms. The molecule has 118 valence electrons. The van der Waals surface area contributed by atoms with Gasteiger partial charge in [0.2, 0.25) is 0 Å². The number of benzene rings is 2. The van der Waals surface area contributed by atoms with Crippen molar-refractivity contribution in [3.05, 3.63) is 70.4 Å². The number of non-ortho nitro benzene ring substituents is 1. The zero-order valence-corrected chi connectivity index (χ0v) is 13.3. The molecule has 0 fully saturated rings. The van der Waals surface area contributed by atoms with E-state index in [9.17, 15) is 14.9 Å². The van der Waals surface area contributed by atoms with Gasteiger partial charge in [-0.25, -0.2) is 0 Å². The van der Waals surface area contributed by atoms with Gasteiger partial charge in [-0.05, 0) is 47.7 Å². The Balaban J connectivity index is 2.72. The largest absolute Gasteiger partial charge is 0.383 e. The highest BCUT2D eigenvalue weighted by Crippen LogP contribution is 2.32. The lowest BCUT2D eigenvalue weighted by atomic mass is 9.97. The van der Waals surface area contributed by atoms with Crippen LogP contribution in [-0.4, -0.2) is 29.7 Å². The van der Waals surface area contributed by atoms with Gasteiger partial charge >= 0.3 is 0 Å². The van der Waals surface area contributed by atoms with Crippen LogP contribution in [0.5, 0.6) is 0 Å². The molecule has 5 nitrogen and oxygen atoms in total. The highest BCUT2D eigenvalue weighted by molar-refractivity contribution is 6.01. The fraction of sp³-hybridized carbons (Fsp3) is 0.167. The lowest BCUT2D eigenvalue weighted by Crippen LogP contribution is -2.03. The second kappa shape index (κ2) is 6.87. The van der Waals surface area contributed by atoms with Crippen LogP contribution in [0.4, 0.5) is 5.69 Å². The van der Waals surface area contributed by atoms with E-state index in [1.54, 1.807) is 24.3 Å². The van der Waals surface area contributed by atoms with Crippen LogP contribution >= 0.6 is 0 Å². The van der Waals surface area contributed by atoms with E-state index in [-0.39, 0.29) is 16.4 Å². The Bertz CT molecular complexity index is 820. The number of carbonyl (C=O) groups excluding carboxylic acids is 1. The molecule has 0 spiro atoms. The standard InChI is InChI=1S/C18H18N2O3/c1-13(21)8-9-14(12-19(2)3)15-10-11-18(20(22)23)17-7-5-4-6-16(15)17/h4-12H,1-3H3/b9-8-,14-12-. The topological polar surface area (TPSA) is 63.5 Å². The highest BCUT2D eigenvalue weighted by Gasteiger charge is 2.15. The summed E-state index contributed by atoms with van der Waals surface area (Å²) in [7, 11) is 3.77. The Morgan fingerprint density at radius 1 is 1.09 bits per heavy atom. The maximum absolute atomic E-state index is 11.3. The number of fused-ring (bicyclic) bond motifs is 1. The highest BCUT2D eigenvalue weighted by atomic mass is 16.6. The first-order chi connectivity index (χ1) is 10.9. The first-order valence-corrected chi connectivity index (χ1v) is 7.13. The summed E-state index contributed by atoms with van der Waals surface area (Å²) < 4.78 is 0. The molecule has 0 aliphatic heterocycles. The molecular formula is C18H18N2O3. The van der Waals surface area contributed by atoms with Gasteiger partial charge in [0.25, 0.3) is 5.69 Å². The minimum Gasteiger partial charge on any atom is -0.383 e. The Hall–Kier alpha value is -2.95. The fourth-order valence-electron chi connectivity index (χ4n) is 2.38. The van der Waals surface area contributed by atoms with Crippen molar-refractivity contribution in [3.63, 3.8) is 0 Å². The van der Waals surface area contributed by atoms with Crippen LogP contribution < -0.4 is 0 Å². The second-order valence-electron chi connectivity index (χ2n) is 5.43. The van der Waals surface area contributed by atoms with Crippen molar-refractivity contribution in [2.75, 3.05) is 14.1 Å². The van der Waals surface area contributed by atoms with Crippen LogP contribution in [0.2, 0.25) is 0 Å².